The van der Waals surface area contributed by atoms with Crippen molar-refractivity contribution >= 4 is 6.03 Å². The molecular weight excluding hydrogens is 300 g/mol. The highest BCUT2D eigenvalue weighted by Crippen LogP contribution is 2.53. The normalized spacial score (nSPS) is 40.3. The number of carbonyl (C=O) groups excluding carboxylic acids is 1. The Balaban J connectivity index is 1.30. The summed E-state index contributed by atoms with van der Waals surface area (Å²) in [6.07, 6.45) is 13.0. The number of urea groups is 1. The topological polar surface area (TPSA) is 50.2 Å². The lowest BCUT2D eigenvalue weighted by atomic mass is 9.54. The van der Waals surface area contributed by atoms with Gasteiger partial charge in [-0.3, -0.25) is 4.68 Å². The van der Waals surface area contributed by atoms with Crippen LogP contribution in [-0.2, 0) is 7.05 Å². The first-order valence-corrected chi connectivity index (χ1v) is 9.73. The fraction of sp³-hybridized carbons (Fsp3) is 0.789. The van der Waals surface area contributed by atoms with E-state index in [-0.39, 0.29) is 12.1 Å². The summed E-state index contributed by atoms with van der Waals surface area (Å²) in [4.78, 5) is 15.1. The van der Waals surface area contributed by atoms with Crippen LogP contribution >= 0.6 is 0 Å². The molecule has 5 heteroatoms. The van der Waals surface area contributed by atoms with Crippen molar-refractivity contribution in [2.45, 2.75) is 57.0 Å². The molecule has 1 aliphatic heterocycles. The first kappa shape index (κ1) is 14.8. The highest BCUT2D eigenvalue weighted by molar-refractivity contribution is 5.75. The fourth-order valence-electron chi connectivity index (χ4n) is 6.35. The maximum absolute atomic E-state index is 13.0. The van der Waals surface area contributed by atoms with Gasteiger partial charge < -0.3 is 10.2 Å². The van der Waals surface area contributed by atoms with E-state index >= 15 is 0 Å². The van der Waals surface area contributed by atoms with Gasteiger partial charge in [0.25, 0.3) is 0 Å². The van der Waals surface area contributed by atoms with E-state index in [0.29, 0.717) is 6.04 Å². The third-order valence-electron chi connectivity index (χ3n) is 7.14. The largest absolute Gasteiger partial charge is 0.335 e. The highest BCUT2D eigenvalue weighted by atomic mass is 16.2. The van der Waals surface area contributed by atoms with Crippen molar-refractivity contribution in [2.24, 2.45) is 30.7 Å². The Kier molecular flexibility index (Phi) is 3.39. The van der Waals surface area contributed by atoms with E-state index in [1.165, 1.54) is 37.7 Å². The summed E-state index contributed by atoms with van der Waals surface area (Å²) in [7, 11) is 1.94. The van der Waals surface area contributed by atoms with E-state index < -0.39 is 0 Å². The number of aromatic nitrogens is 2. The zero-order valence-corrected chi connectivity index (χ0v) is 14.5. The Labute approximate surface area is 143 Å². The Hall–Kier alpha value is -1.52. The summed E-state index contributed by atoms with van der Waals surface area (Å²) >= 11 is 0. The lowest BCUT2D eigenvalue weighted by molar-refractivity contribution is -0.0112. The van der Waals surface area contributed by atoms with Crippen molar-refractivity contribution in [3.8, 4) is 0 Å². The van der Waals surface area contributed by atoms with Crippen molar-refractivity contribution in [2.75, 3.05) is 6.54 Å². The summed E-state index contributed by atoms with van der Waals surface area (Å²) in [5, 5.41) is 7.76. The van der Waals surface area contributed by atoms with Gasteiger partial charge in [-0.05, 0) is 68.6 Å². The summed E-state index contributed by atoms with van der Waals surface area (Å²) in [6.45, 7) is 0.874. The number of hydrogen-bond acceptors (Lipinski definition) is 2. The van der Waals surface area contributed by atoms with Gasteiger partial charge in [0.05, 0.1) is 12.2 Å². The fourth-order valence-corrected chi connectivity index (χ4v) is 6.35. The van der Waals surface area contributed by atoms with Crippen LogP contribution in [0.1, 0.15) is 56.6 Å². The van der Waals surface area contributed by atoms with Crippen molar-refractivity contribution in [1.82, 2.24) is 20.0 Å². The SMILES string of the molecule is Cn1cc(C2CCCN2C(=O)NC2C3CC4CC(C3)CC2C4)cn1. The van der Waals surface area contributed by atoms with Crippen LogP contribution in [0.2, 0.25) is 0 Å². The Morgan fingerprint density at radius 3 is 2.50 bits per heavy atom. The van der Waals surface area contributed by atoms with Gasteiger partial charge >= 0.3 is 6.03 Å². The molecule has 1 N–H and O–H groups in total. The maximum Gasteiger partial charge on any atom is 0.318 e. The van der Waals surface area contributed by atoms with Gasteiger partial charge in [0.15, 0.2) is 0 Å². The third kappa shape index (κ3) is 2.35. The van der Waals surface area contributed by atoms with E-state index in [9.17, 15) is 4.79 Å². The van der Waals surface area contributed by atoms with Crippen LogP contribution in [0.4, 0.5) is 4.79 Å². The van der Waals surface area contributed by atoms with E-state index in [4.69, 9.17) is 0 Å². The first-order chi connectivity index (χ1) is 11.7. The van der Waals surface area contributed by atoms with Gasteiger partial charge in [0.1, 0.15) is 0 Å². The molecule has 0 spiro atoms. The number of hydrogen-bond donors (Lipinski definition) is 1. The molecule has 5 fully saturated rings. The maximum atomic E-state index is 13.0. The van der Waals surface area contributed by atoms with E-state index in [1.54, 1.807) is 0 Å². The zero-order chi connectivity index (χ0) is 16.3. The van der Waals surface area contributed by atoms with Crippen molar-refractivity contribution in [3.05, 3.63) is 18.0 Å². The molecule has 5 nitrogen and oxygen atoms in total. The van der Waals surface area contributed by atoms with Gasteiger partial charge in [-0.2, -0.15) is 5.10 Å². The number of rotatable bonds is 2. The molecule has 0 aromatic carbocycles. The summed E-state index contributed by atoms with van der Waals surface area (Å²) in [5.41, 5.74) is 1.18. The molecule has 6 rings (SSSR count). The summed E-state index contributed by atoms with van der Waals surface area (Å²) in [5.74, 6) is 3.39. The van der Waals surface area contributed by atoms with Crippen LogP contribution in [0.25, 0.3) is 0 Å². The number of nitrogens with zero attached hydrogens (tertiary/aromatic N) is 3. The zero-order valence-electron chi connectivity index (χ0n) is 14.5. The van der Waals surface area contributed by atoms with Gasteiger partial charge in [-0.25, -0.2) is 4.79 Å². The number of amides is 2. The third-order valence-corrected chi connectivity index (χ3v) is 7.14. The predicted octanol–water partition coefficient (Wildman–Crippen LogP) is 3.09. The van der Waals surface area contributed by atoms with Crippen molar-refractivity contribution in [1.29, 1.82) is 0 Å². The van der Waals surface area contributed by atoms with Crippen molar-refractivity contribution in [3.63, 3.8) is 0 Å². The summed E-state index contributed by atoms with van der Waals surface area (Å²) in [6, 6.07) is 0.801. The van der Waals surface area contributed by atoms with Crippen LogP contribution in [0, 0.1) is 23.7 Å². The van der Waals surface area contributed by atoms with Crippen LogP contribution < -0.4 is 5.32 Å². The molecule has 24 heavy (non-hydrogen) atoms. The molecule has 4 saturated carbocycles. The Morgan fingerprint density at radius 1 is 1.17 bits per heavy atom. The van der Waals surface area contributed by atoms with E-state index in [1.807, 2.05) is 17.9 Å². The molecule has 2 heterocycles. The molecule has 2 amide bonds. The van der Waals surface area contributed by atoms with Gasteiger partial charge in [-0.15, -0.1) is 0 Å². The van der Waals surface area contributed by atoms with Gasteiger partial charge in [0.2, 0.25) is 0 Å². The second-order valence-corrected chi connectivity index (χ2v) is 8.70. The Bertz CT molecular complexity index is 611. The predicted molar refractivity (Wildman–Crippen MR) is 91.3 cm³/mol. The number of likely N-dealkylation sites (tertiary alicyclic amines) is 1. The Morgan fingerprint density at radius 2 is 1.88 bits per heavy atom. The number of nitrogens with one attached hydrogen (secondary N) is 1. The molecule has 4 aliphatic carbocycles. The molecule has 1 aromatic heterocycles. The summed E-state index contributed by atoms with van der Waals surface area (Å²) < 4.78 is 1.83. The number of aryl methyl sites for hydroxylation is 1. The minimum absolute atomic E-state index is 0.166. The average Bonchev–Trinajstić information content (AvgIpc) is 3.18. The molecule has 4 bridgehead atoms. The molecule has 0 radical (unpaired) electrons. The molecule has 5 aliphatic rings. The molecule has 1 unspecified atom stereocenters. The van der Waals surface area contributed by atoms with Crippen molar-refractivity contribution < 1.29 is 4.79 Å². The van der Waals surface area contributed by atoms with E-state index in [2.05, 4.69) is 21.5 Å². The van der Waals surface area contributed by atoms with Crippen LogP contribution in [0.3, 0.4) is 0 Å². The van der Waals surface area contributed by atoms with Gasteiger partial charge in [-0.1, -0.05) is 0 Å². The molecule has 130 valence electrons. The highest BCUT2D eigenvalue weighted by Gasteiger charge is 2.49. The quantitative estimate of drug-likeness (QED) is 0.907. The second-order valence-electron chi connectivity index (χ2n) is 8.70. The second kappa shape index (κ2) is 5.50. The lowest BCUT2D eigenvalue weighted by Crippen LogP contribution is -2.57. The first-order valence-electron chi connectivity index (χ1n) is 9.73. The minimum Gasteiger partial charge on any atom is -0.335 e. The van der Waals surface area contributed by atoms with Gasteiger partial charge in [0, 0.05) is 31.4 Å². The van der Waals surface area contributed by atoms with E-state index in [0.717, 1.165) is 43.1 Å². The minimum atomic E-state index is 0.166. The van der Waals surface area contributed by atoms with Crippen LogP contribution in [0.5, 0.6) is 0 Å². The average molecular weight is 328 g/mol. The van der Waals surface area contributed by atoms with Crippen LogP contribution in [0.15, 0.2) is 12.4 Å². The smallest absolute Gasteiger partial charge is 0.318 e. The molecule has 1 atom stereocenters. The standard InChI is InChI=1S/C19H28N4O/c1-22-11-16(10-20-22)17-3-2-4-23(17)19(24)21-18-14-6-12-5-13(8-14)9-15(18)7-12/h10-15,17-18H,2-9H2,1H3,(H,21,24). The molecule has 1 saturated heterocycles. The monoisotopic (exact) mass is 328 g/mol. The molecular formula is C19H28N4O. The number of carbonyl (C=O) groups is 1. The van der Waals surface area contributed by atoms with Crippen LogP contribution in [-0.4, -0.2) is 33.3 Å². The lowest BCUT2D eigenvalue weighted by Gasteiger charge is -2.54. The molecule has 1 aromatic rings.